The third-order valence-corrected chi connectivity index (χ3v) is 7.64. The molecule has 0 radical (unpaired) electrons. The van der Waals surface area contributed by atoms with Crippen LogP contribution in [0.15, 0.2) is 54.6 Å². The Kier molecular flexibility index (Phi) is 8.86. The van der Waals surface area contributed by atoms with Gasteiger partial charge in [-0.2, -0.15) is 0 Å². The van der Waals surface area contributed by atoms with Gasteiger partial charge in [0.05, 0.1) is 0 Å². The van der Waals surface area contributed by atoms with E-state index in [9.17, 15) is 14.0 Å². The Morgan fingerprint density at radius 1 is 0.882 bits per heavy atom. The van der Waals surface area contributed by atoms with Crippen molar-refractivity contribution in [1.29, 1.82) is 0 Å². The van der Waals surface area contributed by atoms with Crippen molar-refractivity contribution < 1.29 is 14.0 Å². The predicted molar refractivity (Wildman–Crippen MR) is 133 cm³/mol. The molecule has 1 amide bonds. The molecule has 1 aliphatic heterocycles. The van der Waals surface area contributed by atoms with E-state index in [-0.39, 0.29) is 23.4 Å². The van der Waals surface area contributed by atoms with Gasteiger partial charge in [-0.05, 0) is 107 Å². The first-order valence-corrected chi connectivity index (χ1v) is 12.9. The predicted octanol–water partition coefficient (Wildman–Crippen LogP) is 5.42. The number of amides is 1. The first-order valence-electron chi connectivity index (χ1n) is 12.9. The second kappa shape index (κ2) is 12.3. The number of likely N-dealkylation sites (tertiary alicyclic amines) is 1. The summed E-state index contributed by atoms with van der Waals surface area (Å²) in [7, 11) is 0. The van der Waals surface area contributed by atoms with E-state index < -0.39 is 0 Å². The van der Waals surface area contributed by atoms with Crippen LogP contribution in [-0.2, 0) is 11.2 Å². The summed E-state index contributed by atoms with van der Waals surface area (Å²) in [4.78, 5) is 27.5. The second-order valence-corrected chi connectivity index (χ2v) is 10.0. The summed E-state index contributed by atoms with van der Waals surface area (Å²) in [6.07, 6.45) is 8.86. The minimum absolute atomic E-state index is 0.0580. The average Bonchev–Trinajstić information content (AvgIpc) is 2.88. The van der Waals surface area contributed by atoms with Gasteiger partial charge in [0.1, 0.15) is 5.82 Å². The summed E-state index contributed by atoms with van der Waals surface area (Å²) in [6.45, 7) is 3.02. The summed E-state index contributed by atoms with van der Waals surface area (Å²) < 4.78 is 13.1. The number of nitrogens with one attached hydrogen (secondary N) is 1. The lowest BCUT2D eigenvalue weighted by molar-refractivity contribution is -0.122. The molecule has 2 aromatic rings. The zero-order chi connectivity index (χ0) is 23.8. The van der Waals surface area contributed by atoms with Crippen molar-refractivity contribution in [3.8, 4) is 0 Å². The number of hydrogen-bond donors (Lipinski definition) is 1. The molecule has 2 aromatic carbocycles. The number of nitrogens with zero attached hydrogens (tertiary/aromatic N) is 1. The zero-order valence-electron chi connectivity index (χ0n) is 20.1. The van der Waals surface area contributed by atoms with Crippen molar-refractivity contribution in [3.05, 3.63) is 71.5 Å². The molecule has 182 valence electrons. The Bertz CT molecular complexity index is 915. The molecular formula is C29H37FN2O2. The number of halogens is 1. The van der Waals surface area contributed by atoms with E-state index in [0.717, 1.165) is 57.7 Å². The van der Waals surface area contributed by atoms with Gasteiger partial charge in [0.2, 0.25) is 5.91 Å². The number of Topliss-reactive ketones (excluding diaryl/α,β-unsaturated/α-hetero) is 1. The van der Waals surface area contributed by atoms with E-state index in [1.807, 2.05) is 18.2 Å². The van der Waals surface area contributed by atoms with Gasteiger partial charge in [0, 0.05) is 23.9 Å². The normalized spacial score (nSPS) is 21.8. The monoisotopic (exact) mass is 464 g/mol. The highest BCUT2D eigenvalue weighted by Crippen LogP contribution is 2.28. The SMILES string of the molecule is O=C(CCc1ccccc1)NC1CCC(CCN2CCC(C(=O)c3ccc(F)cc3)CC2)CC1. The Morgan fingerprint density at radius 3 is 2.24 bits per heavy atom. The number of hydrogen-bond acceptors (Lipinski definition) is 3. The summed E-state index contributed by atoms with van der Waals surface area (Å²) in [5, 5.41) is 3.25. The van der Waals surface area contributed by atoms with Crippen LogP contribution in [0, 0.1) is 17.7 Å². The van der Waals surface area contributed by atoms with E-state index in [0.29, 0.717) is 18.0 Å². The molecule has 1 saturated heterocycles. The maximum atomic E-state index is 13.1. The molecule has 0 unspecified atom stereocenters. The smallest absolute Gasteiger partial charge is 0.220 e. The summed E-state index contributed by atoms with van der Waals surface area (Å²) in [5.74, 6) is 0.818. The number of ketones is 1. The molecule has 0 spiro atoms. The molecule has 34 heavy (non-hydrogen) atoms. The molecule has 4 nitrogen and oxygen atoms in total. The van der Waals surface area contributed by atoms with Crippen LogP contribution in [0.2, 0.25) is 0 Å². The lowest BCUT2D eigenvalue weighted by atomic mass is 9.83. The molecular weight excluding hydrogens is 427 g/mol. The van der Waals surface area contributed by atoms with E-state index >= 15 is 0 Å². The summed E-state index contributed by atoms with van der Waals surface area (Å²) >= 11 is 0. The molecule has 1 saturated carbocycles. The van der Waals surface area contributed by atoms with Crippen LogP contribution in [-0.4, -0.2) is 42.3 Å². The number of piperidine rings is 1. The van der Waals surface area contributed by atoms with Gasteiger partial charge >= 0.3 is 0 Å². The van der Waals surface area contributed by atoms with Crippen LogP contribution < -0.4 is 5.32 Å². The van der Waals surface area contributed by atoms with Gasteiger partial charge in [-0.15, -0.1) is 0 Å². The Hall–Kier alpha value is -2.53. The third-order valence-electron chi connectivity index (χ3n) is 7.64. The molecule has 1 aliphatic carbocycles. The number of benzene rings is 2. The maximum Gasteiger partial charge on any atom is 0.220 e. The van der Waals surface area contributed by atoms with Crippen LogP contribution in [0.1, 0.15) is 67.3 Å². The molecule has 0 aromatic heterocycles. The van der Waals surface area contributed by atoms with Crippen LogP contribution in [0.4, 0.5) is 4.39 Å². The quantitative estimate of drug-likeness (QED) is 0.504. The van der Waals surface area contributed by atoms with Gasteiger partial charge in [-0.25, -0.2) is 4.39 Å². The fourth-order valence-corrected chi connectivity index (χ4v) is 5.43. The van der Waals surface area contributed by atoms with Crippen LogP contribution in [0.25, 0.3) is 0 Å². The maximum absolute atomic E-state index is 13.1. The average molecular weight is 465 g/mol. The third kappa shape index (κ3) is 7.23. The molecule has 1 N–H and O–H groups in total. The molecule has 2 fully saturated rings. The van der Waals surface area contributed by atoms with E-state index in [1.165, 1.54) is 37.0 Å². The van der Waals surface area contributed by atoms with Crippen LogP contribution in [0.5, 0.6) is 0 Å². The number of carbonyl (C=O) groups excluding carboxylic acids is 2. The van der Waals surface area contributed by atoms with Crippen molar-refractivity contribution in [3.63, 3.8) is 0 Å². The minimum Gasteiger partial charge on any atom is -0.353 e. The van der Waals surface area contributed by atoms with Crippen molar-refractivity contribution in [2.45, 2.75) is 63.8 Å². The lowest BCUT2D eigenvalue weighted by Gasteiger charge is -2.34. The van der Waals surface area contributed by atoms with Crippen molar-refractivity contribution in [2.24, 2.45) is 11.8 Å². The minimum atomic E-state index is -0.300. The number of aryl methyl sites for hydroxylation is 1. The zero-order valence-corrected chi connectivity index (χ0v) is 20.1. The summed E-state index contributed by atoms with van der Waals surface area (Å²) in [5.41, 5.74) is 1.84. The van der Waals surface area contributed by atoms with Crippen molar-refractivity contribution in [1.82, 2.24) is 10.2 Å². The molecule has 1 heterocycles. The van der Waals surface area contributed by atoms with Gasteiger partial charge in [-0.3, -0.25) is 9.59 Å². The topological polar surface area (TPSA) is 49.4 Å². The second-order valence-electron chi connectivity index (χ2n) is 10.0. The standard InChI is InChI=1S/C29H37FN2O2/c30-26-11-9-24(10-12-26)29(34)25-17-20-32(21-18-25)19-16-23-6-13-27(14-7-23)31-28(33)15-8-22-4-2-1-3-5-22/h1-5,9-12,23,25,27H,6-8,13-21H2,(H,31,33). The molecule has 0 atom stereocenters. The first kappa shape index (κ1) is 24.6. The molecule has 2 aliphatic rings. The Balaban J connectivity index is 1.09. The molecule has 0 bridgehead atoms. The van der Waals surface area contributed by atoms with E-state index in [1.54, 1.807) is 12.1 Å². The first-order chi connectivity index (χ1) is 16.6. The highest BCUT2D eigenvalue weighted by Gasteiger charge is 2.27. The van der Waals surface area contributed by atoms with Gasteiger partial charge in [-0.1, -0.05) is 30.3 Å². The fourth-order valence-electron chi connectivity index (χ4n) is 5.43. The highest BCUT2D eigenvalue weighted by atomic mass is 19.1. The number of carbonyl (C=O) groups is 2. The van der Waals surface area contributed by atoms with Crippen LogP contribution in [0.3, 0.4) is 0 Å². The lowest BCUT2D eigenvalue weighted by Crippen LogP contribution is -2.39. The van der Waals surface area contributed by atoms with E-state index in [2.05, 4.69) is 22.3 Å². The Labute approximate surface area is 202 Å². The van der Waals surface area contributed by atoms with E-state index in [4.69, 9.17) is 0 Å². The highest BCUT2D eigenvalue weighted by molar-refractivity contribution is 5.97. The summed E-state index contributed by atoms with van der Waals surface area (Å²) in [6, 6.07) is 16.5. The largest absolute Gasteiger partial charge is 0.353 e. The fraction of sp³-hybridized carbons (Fsp3) is 0.517. The van der Waals surface area contributed by atoms with Crippen molar-refractivity contribution >= 4 is 11.7 Å². The van der Waals surface area contributed by atoms with Gasteiger partial charge < -0.3 is 10.2 Å². The van der Waals surface area contributed by atoms with Crippen LogP contribution >= 0.6 is 0 Å². The van der Waals surface area contributed by atoms with Crippen molar-refractivity contribution in [2.75, 3.05) is 19.6 Å². The van der Waals surface area contributed by atoms with Gasteiger partial charge in [0.25, 0.3) is 0 Å². The number of rotatable bonds is 9. The van der Waals surface area contributed by atoms with Gasteiger partial charge in [0.15, 0.2) is 5.78 Å². The molecule has 4 rings (SSSR count). The Morgan fingerprint density at radius 2 is 1.56 bits per heavy atom. The molecule has 5 heteroatoms.